The maximum absolute atomic E-state index is 10.4. The largest absolute Gasteiger partial charge is 0.387 e. The van der Waals surface area contributed by atoms with E-state index < -0.39 is 0 Å². The van der Waals surface area contributed by atoms with Gasteiger partial charge in [0.1, 0.15) is 0 Å². The Labute approximate surface area is 104 Å². The molecule has 15 heavy (non-hydrogen) atoms. The number of hydrogen-bond acceptors (Lipinski definition) is 4. The van der Waals surface area contributed by atoms with Gasteiger partial charge < -0.3 is 5.11 Å². The lowest BCUT2D eigenvalue weighted by Gasteiger charge is -2.31. The smallest absolute Gasteiger partial charge is 0.0929 e. The third-order valence-electron chi connectivity index (χ3n) is 2.77. The third kappa shape index (κ3) is 2.54. The molecule has 0 aromatic carbocycles. The highest BCUT2D eigenvalue weighted by Gasteiger charge is 2.30. The van der Waals surface area contributed by atoms with Crippen LogP contribution in [-0.4, -0.2) is 27.1 Å². The summed E-state index contributed by atoms with van der Waals surface area (Å²) in [6, 6.07) is 2.07. The molecular weight excluding hydrogens is 244 g/mol. The molecule has 2 heterocycles. The Morgan fingerprint density at radius 2 is 2.13 bits per heavy atom. The SMILES string of the molecule is Cc1sccc1C(O)C1SCCSC1C. The normalized spacial score (nSPS) is 29.0. The lowest BCUT2D eigenvalue weighted by molar-refractivity contribution is 0.174. The summed E-state index contributed by atoms with van der Waals surface area (Å²) >= 11 is 5.62. The van der Waals surface area contributed by atoms with E-state index in [2.05, 4.69) is 25.3 Å². The first-order valence-corrected chi connectivity index (χ1v) is 8.13. The minimum Gasteiger partial charge on any atom is -0.387 e. The molecule has 1 nitrogen and oxygen atoms in total. The van der Waals surface area contributed by atoms with Crippen LogP contribution in [0.4, 0.5) is 0 Å². The number of hydrogen-bond donors (Lipinski definition) is 1. The fourth-order valence-corrected chi connectivity index (χ4v) is 5.44. The molecule has 1 aromatic heterocycles. The molecule has 2 rings (SSSR count). The van der Waals surface area contributed by atoms with Crippen LogP contribution in [0.5, 0.6) is 0 Å². The molecule has 1 aromatic rings. The first-order chi connectivity index (χ1) is 7.20. The number of aliphatic hydroxyl groups excluding tert-OH is 1. The van der Waals surface area contributed by atoms with E-state index in [9.17, 15) is 5.11 Å². The van der Waals surface area contributed by atoms with Gasteiger partial charge in [-0.05, 0) is 23.9 Å². The van der Waals surface area contributed by atoms with Gasteiger partial charge in [-0.2, -0.15) is 23.5 Å². The van der Waals surface area contributed by atoms with Crippen LogP contribution < -0.4 is 0 Å². The van der Waals surface area contributed by atoms with Gasteiger partial charge in [0.25, 0.3) is 0 Å². The molecule has 0 radical (unpaired) electrons. The third-order valence-corrected chi connectivity index (χ3v) is 6.81. The summed E-state index contributed by atoms with van der Waals surface area (Å²) in [6.07, 6.45) is -0.288. The first-order valence-electron chi connectivity index (χ1n) is 5.15. The molecule has 1 N–H and O–H groups in total. The number of rotatable bonds is 2. The molecule has 0 amide bonds. The monoisotopic (exact) mass is 260 g/mol. The van der Waals surface area contributed by atoms with Gasteiger partial charge >= 0.3 is 0 Å². The van der Waals surface area contributed by atoms with E-state index in [-0.39, 0.29) is 6.10 Å². The molecule has 0 bridgehead atoms. The Bertz CT molecular complexity index is 323. The average molecular weight is 260 g/mol. The Hall–Kier alpha value is 0.360. The van der Waals surface area contributed by atoms with Crippen molar-refractivity contribution >= 4 is 34.9 Å². The van der Waals surface area contributed by atoms with Gasteiger partial charge in [0.15, 0.2) is 0 Å². The van der Waals surface area contributed by atoms with E-state index in [1.54, 1.807) is 11.3 Å². The van der Waals surface area contributed by atoms with Crippen molar-refractivity contribution in [2.75, 3.05) is 11.5 Å². The fourth-order valence-electron chi connectivity index (χ4n) is 1.88. The molecule has 4 heteroatoms. The van der Waals surface area contributed by atoms with Gasteiger partial charge in [0, 0.05) is 26.9 Å². The van der Waals surface area contributed by atoms with Gasteiger partial charge in [-0.25, -0.2) is 0 Å². The maximum Gasteiger partial charge on any atom is 0.0929 e. The molecule has 1 saturated heterocycles. The number of thiophene rings is 1. The molecule has 3 unspecified atom stereocenters. The minimum absolute atomic E-state index is 0.288. The van der Waals surface area contributed by atoms with E-state index in [1.165, 1.54) is 16.4 Å². The quantitative estimate of drug-likeness (QED) is 0.881. The zero-order chi connectivity index (χ0) is 10.8. The van der Waals surface area contributed by atoms with Crippen LogP contribution in [0.3, 0.4) is 0 Å². The van der Waals surface area contributed by atoms with E-state index in [0.717, 1.165) is 5.56 Å². The Morgan fingerprint density at radius 3 is 2.73 bits per heavy atom. The van der Waals surface area contributed by atoms with Gasteiger partial charge in [-0.3, -0.25) is 0 Å². The van der Waals surface area contributed by atoms with Crippen molar-refractivity contribution < 1.29 is 5.11 Å². The van der Waals surface area contributed by atoms with Crippen molar-refractivity contribution in [3.63, 3.8) is 0 Å². The van der Waals surface area contributed by atoms with Crippen molar-refractivity contribution in [2.45, 2.75) is 30.5 Å². The standard InChI is InChI=1S/C11H16OS3/c1-7-9(3-4-13-7)10(12)11-8(2)14-5-6-15-11/h3-4,8,10-12H,5-6H2,1-2H3. The predicted octanol–water partition coefficient (Wildman–Crippen LogP) is 3.33. The zero-order valence-electron chi connectivity index (χ0n) is 8.97. The number of aliphatic hydroxyl groups is 1. The molecule has 0 aliphatic carbocycles. The minimum atomic E-state index is -0.288. The Balaban J connectivity index is 2.13. The van der Waals surface area contributed by atoms with Crippen LogP contribution in [0.1, 0.15) is 23.5 Å². The summed E-state index contributed by atoms with van der Waals surface area (Å²) in [5.41, 5.74) is 1.13. The van der Waals surface area contributed by atoms with Gasteiger partial charge in [0.05, 0.1) is 6.10 Å². The molecule has 0 saturated carbocycles. The second kappa shape index (κ2) is 5.13. The zero-order valence-corrected chi connectivity index (χ0v) is 11.4. The Morgan fingerprint density at radius 1 is 1.40 bits per heavy atom. The van der Waals surface area contributed by atoms with Crippen LogP contribution in [0, 0.1) is 6.92 Å². The summed E-state index contributed by atoms with van der Waals surface area (Å²) in [6.45, 7) is 4.32. The highest BCUT2D eigenvalue weighted by Crippen LogP contribution is 2.39. The molecule has 1 fully saturated rings. The van der Waals surface area contributed by atoms with Gasteiger partial charge in [0.2, 0.25) is 0 Å². The fraction of sp³-hybridized carbons (Fsp3) is 0.636. The molecule has 0 spiro atoms. The van der Waals surface area contributed by atoms with Crippen molar-refractivity contribution in [3.05, 3.63) is 21.9 Å². The molecule has 1 aliphatic heterocycles. The summed E-state index contributed by atoms with van der Waals surface area (Å²) in [5.74, 6) is 2.39. The maximum atomic E-state index is 10.4. The first kappa shape index (κ1) is 11.8. The highest BCUT2D eigenvalue weighted by molar-refractivity contribution is 8.07. The topological polar surface area (TPSA) is 20.2 Å². The second-order valence-electron chi connectivity index (χ2n) is 3.79. The van der Waals surface area contributed by atoms with Gasteiger partial charge in [-0.15, -0.1) is 11.3 Å². The van der Waals surface area contributed by atoms with Crippen molar-refractivity contribution in [2.24, 2.45) is 0 Å². The van der Waals surface area contributed by atoms with Crippen molar-refractivity contribution in [1.29, 1.82) is 0 Å². The van der Waals surface area contributed by atoms with Crippen molar-refractivity contribution in [3.8, 4) is 0 Å². The van der Waals surface area contributed by atoms with Crippen LogP contribution in [0.15, 0.2) is 11.4 Å². The van der Waals surface area contributed by atoms with Crippen LogP contribution in [-0.2, 0) is 0 Å². The lowest BCUT2D eigenvalue weighted by Crippen LogP contribution is -2.29. The predicted molar refractivity (Wildman–Crippen MR) is 72.2 cm³/mol. The van der Waals surface area contributed by atoms with E-state index >= 15 is 0 Å². The Kier molecular flexibility index (Phi) is 4.04. The summed E-state index contributed by atoms with van der Waals surface area (Å²) < 4.78 is 0. The van der Waals surface area contributed by atoms with E-state index in [4.69, 9.17) is 0 Å². The van der Waals surface area contributed by atoms with Crippen LogP contribution in [0.2, 0.25) is 0 Å². The molecule has 1 aliphatic rings. The molecular formula is C11H16OS3. The van der Waals surface area contributed by atoms with Crippen molar-refractivity contribution in [1.82, 2.24) is 0 Å². The van der Waals surface area contributed by atoms with Crippen LogP contribution in [0.25, 0.3) is 0 Å². The summed E-state index contributed by atoms with van der Waals surface area (Å²) in [7, 11) is 0. The van der Waals surface area contributed by atoms with Crippen LogP contribution >= 0.6 is 34.9 Å². The van der Waals surface area contributed by atoms with E-state index in [0.29, 0.717) is 10.5 Å². The van der Waals surface area contributed by atoms with Gasteiger partial charge in [-0.1, -0.05) is 6.92 Å². The second-order valence-corrected chi connectivity index (χ2v) is 7.68. The van der Waals surface area contributed by atoms with E-state index in [1.807, 2.05) is 23.5 Å². The average Bonchev–Trinajstić information content (AvgIpc) is 2.64. The molecule has 84 valence electrons. The molecule has 3 atom stereocenters. The summed E-state index contributed by atoms with van der Waals surface area (Å²) in [5, 5.41) is 13.3. The lowest BCUT2D eigenvalue weighted by atomic mass is 10.1. The number of thioether (sulfide) groups is 2. The highest BCUT2D eigenvalue weighted by atomic mass is 32.2. The summed E-state index contributed by atoms with van der Waals surface area (Å²) in [4.78, 5) is 1.26. The number of aryl methyl sites for hydroxylation is 1.